The molecular formula is C13H11Br2NO2. The normalized spacial score (nSPS) is 10.6. The van der Waals surface area contributed by atoms with E-state index in [2.05, 4.69) is 31.9 Å². The molecule has 0 spiro atoms. The van der Waals surface area contributed by atoms with E-state index in [1.165, 1.54) is 0 Å². The molecule has 0 aliphatic carbocycles. The van der Waals surface area contributed by atoms with Crippen LogP contribution in [0.1, 0.15) is 17.4 Å². The number of hydrogen-bond acceptors (Lipinski definition) is 1. The Morgan fingerprint density at radius 1 is 1.28 bits per heavy atom. The fourth-order valence-corrected chi connectivity index (χ4v) is 3.18. The van der Waals surface area contributed by atoms with Crippen molar-refractivity contribution in [2.75, 3.05) is 0 Å². The van der Waals surface area contributed by atoms with Crippen molar-refractivity contribution in [2.45, 2.75) is 13.5 Å². The van der Waals surface area contributed by atoms with Crippen molar-refractivity contribution in [3.63, 3.8) is 0 Å². The molecule has 0 bridgehead atoms. The number of rotatable bonds is 3. The molecule has 1 aromatic heterocycles. The Labute approximate surface area is 122 Å². The molecule has 3 nitrogen and oxygen atoms in total. The molecule has 18 heavy (non-hydrogen) atoms. The molecule has 2 rings (SSSR count). The van der Waals surface area contributed by atoms with Gasteiger partial charge in [0.1, 0.15) is 5.69 Å². The highest BCUT2D eigenvalue weighted by Crippen LogP contribution is 2.32. The van der Waals surface area contributed by atoms with Crippen molar-refractivity contribution in [1.29, 1.82) is 0 Å². The lowest BCUT2D eigenvalue weighted by atomic mass is 10.1. The molecule has 0 saturated carbocycles. The summed E-state index contributed by atoms with van der Waals surface area (Å²) in [4.78, 5) is 11.1. The van der Waals surface area contributed by atoms with Gasteiger partial charge in [-0.15, -0.1) is 0 Å². The number of carboxylic acid groups (broad SMARTS) is 1. The Balaban J connectivity index is 2.60. The second kappa shape index (κ2) is 5.28. The van der Waals surface area contributed by atoms with Gasteiger partial charge in [-0.2, -0.15) is 0 Å². The van der Waals surface area contributed by atoms with E-state index in [4.69, 9.17) is 5.11 Å². The second-order valence-electron chi connectivity index (χ2n) is 3.78. The van der Waals surface area contributed by atoms with Crippen molar-refractivity contribution in [3.8, 4) is 11.3 Å². The summed E-state index contributed by atoms with van der Waals surface area (Å²) in [7, 11) is 0. The maximum atomic E-state index is 11.1. The number of aromatic nitrogens is 1. The molecular weight excluding hydrogens is 362 g/mol. The van der Waals surface area contributed by atoms with Gasteiger partial charge in [0.15, 0.2) is 0 Å². The summed E-state index contributed by atoms with van der Waals surface area (Å²) < 4.78 is 3.70. The fourth-order valence-electron chi connectivity index (χ4n) is 1.93. The highest BCUT2D eigenvalue weighted by Gasteiger charge is 2.15. The SMILES string of the molecule is CCn1c(C(=O)O)ccc1-c1ccc(Br)cc1Br. The van der Waals surface area contributed by atoms with Gasteiger partial charge in [-0.3, -0.25) is 0 Å². The number of aromatic carboxylic acids is 1. The van der Waals surface area contributed by atoms with E-state index in [9.17, 15) is 4.79 Å². The van der Waals surface area contributed by atoms with Crippen molar-refractivity contribution >= 4 is 37.8 Å². The number of carboxylic acids is 1. The molecule has 5 heteroatoms. The van der Waals surface area contributed by atoms with E-state index in [-0.39, 0.29) is 0 Å². The van der Waals surface area contributed by atoms with E-state index >= 15 is 0 Å². The van der Waals surface area contributed by atoms with Crippen LogP contribution in [0.2, 0.25) is 0 Å². The van der Waals surface area contributed by atoms with E-state index < -0.39 is 5.97 Å². The van der Waals surface area contributed by atoms with Gasteiger partial charge in [0.05, 0.1) is 0 Å². The van der Waals surface area contributed by atoms with E-state index in [1.54, 1.807) is 10.6 Å². The lowest BCUT2D eigenvalue weighted by molar-refractivity contribution is 0.0685. The van der Waals surface area contributed by atoms with Crippen molar-refractivity contribution in [3.05, 3.63) is 45.0 Å². The number of nitrogens with zero attached hydrogens (tertiary/aromatic N) is 1. The van der Waals surface area contributed by atoms with E-state index in [0.29, 0.717) is 12.2 Å². The molecule has 94 valence electrons. The molecule has 1 N–H and O–H groups in total. The zero-order valence-electron chi connectivity index (χ0n) is 9.65. The third-order valence-electron chi connectivity index (χ3n) is 2.72. The van der Waals surface area contributed by atoms with Crippen LogP contribution in [-0.2, 0) is 6.54 Å². The maximum Gasteiger partial charge on any atom is 0.352 e. The van der Waals surface area contributed by atoms with Crippen LogP contribution in [0.4, 0.5) is 0 Å². The van der Waals surface area contributed by atoms with Crippen LogP contribution in [0.5, 0.6) is 0 Å². The highest BCUT2D eigenvalue weighted by atomic mass is 79.9. The van der Waals surface area contributed by atoms with E-state index in [0.717, 1.165) is 20.2 Å². The standard InChI is InChI=1S/C13H11Br2NO2/c1-2-16-11(5-6-12(16)13(17)18)9-4-3-8(14)7-10(9)15/h3-7H,2H2,1H3,(H,17,18). The Hall–Kier alpha value is -1.07. The van der Waals surface area contributed by atoms with Crippen LogP contribution < -0.4 is 0 Å². The largest absolute Gasteiger partial charge is 0.477 e. The smallest absolute Gasteiger partial charge is 0.352 e. The maximum absolute atomic E-state index is 11.1. The summed E-state index contributed by atoms with van der Waals surface area (Å²) in [5.74, 6) is -0.906. The van der Waals surface area contributed by atoms with Gasteiger partial charge in [0.25, 0.3) is 0 Å². The Bertz CT molecular complexity index is 605. The molecule has 0 fully saturated rings. The van der Waals surface area contributed by atoms with Gasteiger partial charge < -0.3 is 9.67 Å². The van der Waals surface area contributed by atoms with Crippen LogP contribution in [0.3, 0.4) is 0 Å². The first-order chi connectivity index (χ1) is 8.54. The topological polar surface area (TPSA) is 42.2 Å². The zero-order chi connectivity index (χ0) is 13.3. The summed E-state index contributed by atoms with van der Waals surface area (Å²) in [5, 5.41) is 9.13. The van der Waals surface area contributed by atoms with Crippen molar-refractivity contribution in [1.82, 2.24) is 4.57 Å². The summed E-state index contributed by atoms with van der Waals surface area (Å²) >= 11 is 6.90. The average molecular weight is 373 g/mol. The predicted octanol–water partition coefficient (Wildman–Crippen LogP) is 4.40. The first-order valence-electron chi connectivity index (χ1n) is 5.42. The molecule has 0 aliphatic heterocycles. The monoisotopic (exact) mass is 371 g/mol. The molecule has 2 aromatic rings. The quantitative estimate of drug-likeness (QED) is 0.867. The van der Waals surface area contributed by atoms with Crippen molar-refractivity contribution < 1.29 is 9.90 Å². The average Bonchev–Trinajstić information content (AvgIpc) is 2.72. The van der Waals surface area contributed by atoms with Crippen LogP contribution in [0.15, 0.2) is 39.3 Å². The molecule has 1 heterocycles. The van der Waals surface area contributed by atoms with Gasteiger partial charge in [0, 0.05) is 26.7 Å². The third kappa shape index (κ3) is 2.37. The van der Waals surface area contributed by atoms with Crippen LogP contribution >= 0.6 is 31.9 Å². The first kappa shape index (κ1) is 13.4. The molecule has 1 aromatic carbocycles. The van der Waals surface area contributed by atoms with Crippen molar-refractivity contribution in [2.24, 2.45) is 0 Å². The number of hydrogen-bond donors (Lipinski definition) is 1. The highest BCUT2D eigenvalue weighted by molar-refractivity contribution is 9.11. The Morgan fingerprint density at radius 2 is 2.00 bits per heavy atom. The predicted molar refractivity (Wildman–Crippen MR) is 77.9 cm³/mol. The van der Waals surface area contributed by atoms with E-state index in [1.807, 2.05) is 31.2 Å². The molecule has 0 amide bonds. The summed E-state index contributed by atoms with van der Waals surface area (Å²) in [6.45, 7) is 2.55. The lowest BCUT2D eigenvalue weighted by Gasteiger charge is -2.10. The van der Waals surface area contributed by atoms with Gasteiger partial charge >= 0.3 is 5.97 Å². The Morgan fingerprint density at radius 3 is 2.56 bits per heavy atom. The third-order valence-corrected chi connectivity index (χ3v) is 3.87. The van der Waals surface area contributed by atoms with Crippen LogP contribution in [-0.4, -0.2) is 15.6 Å². The molecule has 0 saturated heterocycles. The lowest BCUT2D eigenvalue weighted by Crippen LogP contribution is -2.08. The minimum atomic E-state index is -0.906. The molecule has 0 aliphatic rings. The van der Waals surface area contributed by atoms with Gasteiger partial charge in [0.2, 0.25) is 0 Å². The number of benzene rings is 1. The molecule has 0 atom stereocenters. The van der Waals surface area contributed by atoms with Crippen LogP contribution in [0, 0.1) is 0 Å². The number of halogens is 2. The second-order valence-corrected chi connectivity index (χ2v) is 5.55. The minimum absolute atomic E-state index is 0.308. The molecule has 0 unspecified atom stereocenters. The van der Waals surface area contributed by atoms with Gasteiger partial charge in [-0.1, -0.05) is 37.9 Å². The summed E-state index contributed by atoms with van der Waals surface area (Å²) in [6.07, 6.45) is 0. The van der Waals surface area contributed by atoms with Gasteiger partial charge in [-0.05, 0) is 31.2 Å². The first-order valence-corrected chi connectivity index (χ1v) is 7.01. The fraction of sp³-hybridized carbons (Fsp3) is 0.154. The molecule has 0 radical (unpaired) electrons. The summed E-state index contributed by atoms with van der Waals surface area (Å²) in [5.41, 5.74) is 2.18. The Kier molecular flexibility index (Phi) is 3.92. The zero-order valence-corrected chi connectivity index (χ0v) is 12.8. The van der Waals surface area contributed by atoms with Gasteiger partial charge in [-0.25, -0.2) is 4.79 Å². The van der Waals surface area contributed by atoms with Crippen LogP contribution in [0.25, 0.3) is 11.3 Å². The number of carbonyl (C=O) groups is 1. The summed E-state index contributed by atoms with van der Waals surface area (Å²) in [6, 6.07) is 9.31. The minimum Gasteiger partial charge on any atom is -0.477 e.